The molecule has 0 aromatic carbocycles. The van der Waals surface area contributed by atoms with E-state index in [0.29, 0.717) is 23.6 Å². The van der Waals surface area contributed by atoms with Crippen molar-refractivity contribution in [3.8, 4) is 12.3 Å². The Hall–Kier alpha value is -2.84. The van der Waals surface area contributed by atoms with Gasteiger partial charge < -0.3 is 4.57 Å². The summed E-state index contributed by atoms with van der Waals surface area (Å²) in [6.45, 7) is 5.39. The van der Waals surface area contributed by atoms with Gasteiger partial charge in [-0.3, -0.25) is 9.59 Å². The third-order valence-electron chi connectivity index (χ3n) is 3.80. The normalized spacial score (nSPS) is 11.0. The molecule has 2 aromatic heterocycles. The van der Waals surface area contributed by atoms with Crippen LogP contribution in [-0.2, 0) is 13.5 Å². The molecule has 6 heteroatoms. The van der Waals surface area contributed by atoms with Gasteiger partial charge in [0.2, 0.25) is 5.78 Å². The van der Waals surface area contributed by atoms with Gasteiger partial charge >= 0.3 is 0 Å². The van der Waals surface area contributed by atoms with Crippen molar-refractivity contribution in [2.75, 3.05) is 5.88 Å². The van der Waals surface area contributed by atoms with E-state index < -0.39 is 0 Å². The molecule has 0 fully saturated rings. The molecule has 0 saturated heterocycles. The molecule has 0 aliphatic rings. The van der Waals surface area contributed by atoms with Gasteiger partial charge in [0.1, 0.15) is 0 Å². The summed E-state index contributed by atoms with van der Waals surface area (Å²) >= 11 is 5.66. The highest BCUT2D eigenvalue weighted by atomic mass is 35.5. The van der Waals surface area contributed by atoms with Gasteiger partial charge in [-0.1, -0.05) is 18.2 Å². The van der Waals surface area contributed by atoms with Crippen molar-refractivity contribution >= 4 is 17.4 Å². The number of aromatic nitrogens is 3. The molecule has 0 amide bonds. The van der Waals surface area contributed by atoms with Gasteiger partial charge in [-0.25, -0.2) is 5.10 Å². The summed E-state index contributed by atoms with van der Waals surface area (Å²) in [6.07, 6.45) is 10.4. The van der Waals surface area contributed by atoms with Crippen LogP contribution >= 0.6 is 11.6 Å². The number of rotatable bonds is 6. The largest absolute Gasteiger partial charge is 0.344 e. The average Bonchev–Trinajstić information content (AvgIpc) is 2.91. The van der Waals surface area contributed by atoms with E-state index in [1.54, 1.807) is 31.2 Å². The molecule has 0 radical (unpaired) electrons. The Bertz CT molecular complexity index is 923. The molecule has 2 aromatic rings. The van der Waals surface area contributed by atoms with E-state index >= 15 is 0 Å². The Kier molecular flexibility index (Phi) is 9.04. The van der Waals surface area contributed by atoms with Gasteiger partial charge in [0, 0.05) is 36.7 Å². The van der Waals surface area contributed by atoms with Gasteiger partial charge in [-0.15, -0.1) is 23.9 Å². The number of allylic oxidation sites excluding steroid dienone is 4. The number of halogens is 1. The molecule has 0 unspecified atom stereocenters. The molecule has 142 valence electrons. The molecule has 0 bridgehead atoms. The molecule has 2 heterocycles. The number of Topliss-reactive ketones (excluding diaryl/α,β-unsaturated/α-hetero) is 1. The van der Waals surface area contributed by atoms with E-state index in [2.05, 4.69) is 22.5 Å². The molecule has 0 saturated carbocycles. The fourth-order valence-corrected chi connectivity index (χ4v) is 2.68. The maximum absolute atomic E-state index is 12.8. The maximum Gasteiger partial charge on any atom is 0.264 e. The fraction of sp³-hybridized carbons (Fsp3) is 0.286. The van der Waals surface area contributed by atoms with E-state index in [1.807, 2.05) is 31.5 Å². The summed E-state index contributed by atoms with van der Waals surface area (Å²) < 4.78 is 1.88. The van der Waals surface area contributed by atoms with Crippen LogP contribution in [0.25, 0.3) is 0 Å². The van der Waals surface area contributed by atoms with Gasteiger partial charge in [0.25, 0.3) is 5.56 Å². The minimum atomic E-state index is -0.235. The van der Waals surface area contributed by atoms with Crippen LogP contribution in [0.3, 0.4) is 0 Å². The zero-order chi connectivity index (χ0) is 20.4. The SMILES string of the molecule is C#CC.C/C=C(\C=C/CCl)C(=O)c1c(C)cc(Cc2ccc(=O)[nH]n2)n1C. The number of carbonyl (C=O) groups excluding carboxylic acids is 1. The summed E-state index contributed by atoms with van der Waals surface area (Å²) in [4.78, 5) is 23.9. The summed E-state index contributed by atoms with van der Waals surface area (Å²) in [7, 11) is 1.86. The second kappa shape index (κ2) is 11.0. The number of carbonyl (C=O) groups is 1. The Morgan fingerprint density at radius 2 is 2.11 bits per heavy atom. The highest BCUT2D eigenvalue weighted by Gasteiger charge is 2.19. The molecule has 0 spiro atoms. The van der Waals surface area contributed by atoms with Crippen molar-refractivity contribution in [1.82, 2.24) is 14.8 Å². The number of hydrogen-bond donors (Lipinski definition) is 1. The highest BCUT2D eigenvalue weighted by Crippen LogP contribution is 2.20. The zero-order valence-electron chi connectivity index (χ0n) is 16.0. The number of terminal acetylenes is 1. The van der Waals surface area contributed by atoms with E-state index in [9.17, 15) is 9.59 Å². The lowest BCUT2D eigenvalue weighted by atomic mass is 10.1. The Balaban J connectivity index is 0.00000114. The predicted molar refractivity (Wildman–Crippen MR) is 110 cm³/mol. The van der Waals surface area contributed by atoms with Crippen LogP contribution in [0.15, 0.2) is 46.8 Å². The van der Waals surface area contributed by atoms with Crippen molar-refractivity contribution in [3.63, 3.8) is 0 Å². The first-order valence-electron chi connectivity index (χ1n) is 8.40. The predicted octanol–water partition coefficient (Wildman–Crippen LogP) is 3.57. The van der Waals surface area contributed by atoms with Crippen molar-refractivity contribution in [2.24, 2.45) is 7.05 Å². The van der Waals surface area contributed by atoms with Crippen molar-refractivity contribution in [2.45, 2.75) is 27.2 Å². The third kappa shape index (κ3) is 6.12. The van der Waals surface area contributed by atoms with Gasteiger partial charge in [-0.05, 0) is 38.5 Å². The summed E-state index contributed by atoms with van der Waals surface area (Å²) in [5.41, 5.74) is 3.60. The number of aryl methyl sites for hydroxylation is 1. The molecule has 0 aliphatic carbocycles. The van der Waals surface area contributed by atoms with E-state index in [0.717, 1.165) is 17.0 Å². The van der Waals surface area contributed by atoms with Crippen LogP contribution in [0.5, 0.6) is 0 Å². The van der Waals surface area contributed by atoms with Crippen LogP contribution in [-0.4, -0.2) is 26.4 Å². The van der Waals surface area contributed by atoms with Crippen LogP contribution in [0.2, 0.25) is 0 Å². The molecule has 5 nitrogen and oxygen atoms in total. The number of alkyl halides is 1. The van der Waals surface area contributed by atoms with E-state index in [1.165, 1.54) is 6.07 Å². The summed E-state index contributed by atoms with van der Waals surface area (Å²) in [5.74, 6) is 2.57. The van der Waals surface area contributed by atoms with E-state index in [-0.39, 0.29) is 11.3 Å². The first kappa shape index (κ1) is 22.2. The molecule has 0 aliphatic heterocycles. The van der Waals surface area contributed by atoms with Crippen molar-refractivity contribution in [3.05, 3.63) is 75.0 Å². The first-order valence-corrected chi connectivity index (χ1v) is 8.93. The monoisotopic (exact) mass is 385 g/mol. The van der Waals surface area contributed by atoms with Crippen molar-refractivity contribution in [1.29, 1.82) is 0 Å². The standard InChI is InChI=1S/C18H20ClN3O2.C3H4/c1-4-13(6-5-9-19)18(24)17-12(2)10-15(22(17)3)11-14-7-8-16(23)21-20-14;1-3-2/h4-8,10H,9,11H2,1-3H3,(H,21,23);1H,2H3/b6-5-,13-4+;. The van der Waals surface area contributed by atoms with Gasteiger partial charge in [0.15, 0.2) is 0 Å². The molecule has 0 atom stereocenters. The smallest absolute Gasteiger partial charge is 0.264 e. The fourth-order valence-electron chi connectivity index (χ4n) is 2.59. The second-order valence-electron chi connectivity index (χ2n) is 5.73. The molecular weight excluding hydrogens is 362 g/mol. The lowest BCUT2D eigenvalue weighted by Gasteiger charge is -2.08. The van der Waals surface area contributed by atoms with Gasteiger partial charge in [0.05, 0.1) is 11.4 Å². The number of nitrogens with zero attached hydrogens (tertiary/aromatic N) is 2. The Morgan fingerprint density at radius 1 is 1.44 bits per heavy atom. The zero-order valence-corrected chi connectivity index (χ0v) is 16.8. The average molecular weight is 386 g/mol. The summed E-state index contributed by atoms with van der Waals surface area (Å²) in [5, 5.41) is 6.44. The van der Waals surface area contributed by atoms with Crippen molar-refractivity contribution < 1.29 is 4.79 Å². The van der Waals surface area contributed by atoms with Crippen LogP contribution in [0, 0.1) is 19.3 Å². The number of hydrogen-bond acceptors (Lipinski definition) is 3. The number of H-pyrrole nitrogens is 1. The van der Waals surface area contributed by atoms with Crippen LogP contribution in [0.1, 0.15) is 41.3 Å². The minimum absolute atomic E-state index is 0.0421. The second-order valence-corrected chi connectivity index (χ2v) is 6.04. The lowest BCUT2D eigenvalue weighted by Crippen LogP contribution is -2.12. The van der Waals surface area contributed by atoms with E-state index in [4.69, 9.17) is 11.6 Å². The quantitative estimate of drug-likeness (QED) is 0.272. The number of nitrogens with one attached hydrogen (secondary N) is 1. The summed E-state index contributed by atoms with van der Waals surface area (Å²) in [6, 6.07) is 5.10. The Morgan fingerprint density at radius 3 is 2.63 bits per heavy atom. The topological polar surface area (TPSA) is 67.8 Å². The number of ketones is 1. The molecule has 2 rings (SSSR count). The van der Waals surface area contributed by atoms with Crippen LogP contribution < -0.4 is 5.56 Å². The molecule has 27 heavy (non-hydrogen) atoms. The molecular formula is C21H24ClN3O2. The van der Waals surface area contributed by atoms with Gasteiger partial charge in [-0.2, -0.15) is 5.10 Å². The maximum atomic E-state index is 12.8. The number of aromatic amines is 1. The Labute approximate surface area is 164 Å². The highest BCUT2D eigenvalue weighted by molar-refractivity contribution is 6.19. The lowest BCUT2D eigenvalue weighted by molar-refractivity contribution is 0.102. The molecule has 1 N–H and O–H groups in total. The van der Waals surface area contributed by atoms with Crippen LogP contribution in [0.4, 0.5) is 0 Å². The minimum Gasteiger partial charge on any atom is -0.344 e. The first-order chi connectivity index (χ1) is 12.9. The third-order valence-corrected chi connectivity index (χ3v) is 3.97.